The van der Waals surface area contributed by atoms with Crippen molar-refractivity contribution in [1.29, 1.82) is 0 Å². The Hall–Kier alpha value is -2.36. The zero-order valence-corrected chi connectivity index (χ0v) is 13.3. The number of carbonyl (C=O) groups is 1. The standard InChI is InChI=1S/C18H22N2O2/c1-4-17(22-16-9-8-13(2)14(3)11-16)18(21)20-12-15-7-5-6-10-19-15/h5-11,17H,4,12H2,1-3H3,(H,20,21)/t17-/m0/s1. The highest BCUT2D eigenvalue weighted by Crippen LogP contribution is 2.18. The van der Waals surface area contributed by atoms with Gasteiger partial charge in [-0.1, -0.05) is 19.1 Å². The molecule has 0 fully saturated rings. The first-order valence-corrected chi connectivity index (χ1v) is 7.51. The van der Waals surface area contributed by atoms with Gasteiger partial charge in [0, 0.05) is 6.20 Å². The van der Waals surface area contributed by atoms with E-state index in [1.165, 1.54) is 5.56 Å². The van der Waals surface area contributed by atoms with Crippen LogP contribution in [0.1, 0.15) is 30.2 Å². The second-order valence-corrected chi connectivity index (χ2v) is 5.30. The molecule has 1 N–H and O–H groups in total. The predicted molar refractivity (Wildman–Crippen MR) is 86.7 cm³/mol. The highest BCUT2D eigenvalue weighted by Gasteiger charge is 2.18. The summed E-state index contributed by atoms with van der Waals surface area (Å²) in [5.41, 5.74) is 3.19. The molecule has 0 aliphatic rings. The predicted octanol–water partition coefficient (Wildman–Crippen LogP) is 3.17. The lowest BCUT2D eigenvalue weighted by Crippen LogP contribution is -2.37. The van der Waals surface area contributed by atoms with E-state index >= 15 is 0 Å². The van der Waals surface area contributed by atoms with Gasteiger partial charge < -0.3 is 10.1 Å². The SMILES string of the molecule is CC[C@H](Oc1ccc(C)c(C)c1)C(=O)NCc1ccccn1. The third kappa shape index (κ3) is 4.32. The van der Waals surface area contributed by atoms with Crippen LogP contribution >= 0.6 is 0 Å². The molecule has 0 saturated carbocycles. The maximum absolute atomic E-state index is 12.2. The largest absolute Gasteiger partial charge is 0.481 e. The van der Waals surface area contributed by atoms with Crippen LogP contribution in [0.2, 0.25) is 0 Å². The minimum absolute atomic E-state index is 0.119. The Kier molecular flexibility index (Phi) is 5.53. The summed E-state index contributed by atoms with van der Waals surface area (Å²) in [5.74, 6) is 0.606. The first-order valence-electron chi connectivity index (χ1n) is 7.51. The second-order valence-electron chi connectivity index (χ2n) is 5.30. The smallest absolute Gasteiger partial charge is 0.261 e. The summed E-state index contributed by atoms with van der Waals surface area (Å²) in [6.45, 7) is 6.43. The molecule has 116 valence electrons. The summed E-state index contributed by atoms with van der Waals surface area (Å²) in [5, 5.41) is 2.87. The number of hydrogen-bond acceptors (Lipinski definition) is 3. The van der Waals surface area contributed by atoms with E-state index in [0.29, 0.717) is 13.0 Å². The molecule has 0 aliphatic carbocycles. The minimum atomic E-state index is -0.495. The number of rotatable bonds is 6. The van der Waals surface area contributed by atoms with Crippen molar-refractivity contribution in [3.63, 3.8) is 0 Å². The van der Waals surface area contributed by atoms with Crippen molar-refractivity contribution in [1.82, 2.24) is 10.3 Å². The Morgan fingerprint density at radius 2 is 2.05 bits per heavy atom. The Bertz CT molecular complexity index is 626. The van der Waals surface area contributed by atoms with Crippen molar-refractivity contribution in [2.24, 2.45) is 0 Å². The van der Waals surface area contributed by atoms with E-state index in [2.05, 4.69) is 17.2 Å². The molecule has 2 aromatic rings. The number of amides is 1. The molecule has 1 heterocycles. The average Bonchev–Trinajstić information content (AvgIpc) is 2.54. The van der Waals surface area contributed by atoms with Gasteiger partial charge in [0.1, 0.15) is 5.75 Å². The Morgan fingerprint density at radius 3 is 2.68 bits per heavy atom. The zero-order chi connectivity index (χ0) is 15.9. The lowest BCUT2D eigenvalue weighted by atomic mass is 10.1. The van der Waals surface area contributed by atoms with Gasteiger partial charge in [0.15, 0.2) is 6.10 Å². The van der Waals surface area contributed by atoms with Crippen LogP contribution in [0.3, 0.4) is 0 Å². The molecule has 0 spiro atoms. The van der Waals surface area contributed by atoms with E-state index in [1.807, 2.05) is 50.2 Å². The third-order valence-electron chi connectivity index (χ3n) is 3.59. The monoisotopic (exact) mass is 298 g/mol. The van der Waals surface area contributed by atoms with Gasteiger partial charge in [-0.05, 0) is 55.7 Å². The van der Waals surface area contributed by atoms with Crippen molar-refractivity contribution in [3.8, 4) is 5.75 Å². The fourth-order valence-electron chi connectivity index (χ4n) is 2.07. The molecule has 0 bridgehead atoms. The molecule has 4 heteroatoms. The number of pyridine rings is 1. The van der Waals surface area contributed by atoms with Gasteiger partial charge in [-0.2, -0.15) is 0 Å². The van der Waals surface area contributed by atoms with Crippen LogP contribution < -0.4 is 10.1 Å². The molecule has 0 aliphatic heterocycles. The fourth-order valence-corrected chi connectivity index (χ4v) is 2.07. The van der Waals surface area contributed by atoms with Gasteiger partial charge in [0.05, 0.1) is 12.2 Å². The van der Waals surface area contributed by atoms with Crippen molar-refractivity contribution >= 4 is 5.91 Å². The molecule has 0 radical (unpaired) electrons. The minimum Gasteiger partial charge on any atom is -0.481 e. The van der Waals surface area contributed by atoms with Crippen molar-refractivity contribution in [3.05, 3.63) is 59.4 Å². The lowest BCUT2D eigenvalue weighted by molar-refractivity contribution is -0.128. The second kappa shape index (κ2) is 7.59. The molecule has 2 rings (SSSR count). The van der Waals surface area contributed by atoms with Crippen molar-refractivity contribution in [2.75, 3.05) is 0 Å². The molecule has 1 aromatic heterocycles. The van der Waals surface area contributed by atoms with Crippen molar-refractivity contribution in [2.45, 2.75) is 39.8 Å². The Labute approximate surface area is 131 Å². The fraction of sp³-hybridized carbons (Fsp3) is 0.333. The van der Waals surface area contributed by atoms with Crippen LogP contribution in [0.4, 0.5) is 0 Å². The van der Waals surface area contributed by atoms with Gasteiger partial charge in [0.25, 0.3) is 5.91 Å². The maximum atomic E-state index is 12.2. The molecular weight excluding hydrogens is 276 g/mol. The molecule has 1 amide bonds. The van der Waals surface area contributed by atoms with E-state index in [4.69, 9.17) is 4.74 Å². The first kappa shape index (κ1) is 16.0. The van der Waals surface area contributed by atoms with Crippen LogP contribution in [0.15, 0.2) is 42.6 Å². The van der Waals surface area contributed by atoms with Gasteiger partial charge >= 0.3 is 0 Å². The lowest BCUT2D eigenvalue weighted by Gasteiger charge is -2.18. The Balaban J connectivity index is 1.95. The first-order chi connectivity index (χ1) is 10.6. The summed E-state index contributed by atoms with van der Waals surface area (Å²) in [6.07, 6.45) is 1.83. The number of ether oxygens (including phenoxy) is 1. The number of carbonyl (C=O) groups excluding carboxylic acids is 1. The van der Waals surface area contributed by atoms with Gasteiger partial charge in [-0.25, -0.2) is 0 Å². The molecule has 22 heavy (non-hydrogen) atoms. The number of hydrogen-bond donors (Lipinski definition) is 1. The zero-order valence-electron chi connectivity index (χ0n) is 13.3. The van der Waals surface area contributed by atoms with E-state index in [0.717, 1.165) is 17.0 Å². The van der Waals surface area contributed by atoms with Gasteiger partial charge in [-0.15, -0.1) is 0 Å². The quantitative estimate of drug-likeness (QED) is 0.891. The number of nitrogens with one attached hydrogen (secondary N) is 1. The highest BCUT2D eigenvalue weighted by atomic mass is 16.5. The summed E-state index contributed by atoms with van der Waals surface area (Å²) in [6, 6.07) is 11.5. The normalized spacial score (nSPS) is 11.8. The molecule has 1 atom stereocenters. The van der Waals surface area contributed by atoms with Crippen LogP contribution in [0.25, 0.3) is 0 Å². The van der Waals surface area contributed by atoms with E-state index < -0.39 is 6.10 Å². The van der Waals surface area contributed by atoms with E-state index in [9.17, 15) is 4.79 Å². The van der Waals surface area contributed by atoms with Crippen LogP contribution in [0.5, 0.6) is 5.75 Å². The average molecular weight is 298 g/mol. The number of aromatic nitrogens is 1. The number of nitrogens with zero attached hydrogens (tertiary/aromatic N) is 1. The summed E-state index contributed by atoms with van der Waals surface area (Å²) >= 11 is 0. The summed E-state index contributed by atoms with van der Waals surface area (Å²) < 4.78 is 5.82. The van der Waals surface area contributed by atoms with E-state index in [-0.39, 0.29) is 5.91 Å². The molecular formula is C18H22N2O2. The van der Waals surface area contributed by atoms with Gasteiger partial charge in [-0.3, -0.25) is 9.78 Å². The molecule has 4 nitrogen and oxygen atoms in total. The molecule has 0 saturated heterocycles. The van der Waals surface area contributed by atoms with Crippen LogP contribution in [0, 0.1) is 13.8 Å². The highest BCUT2D eigenvalue weighted by molar-refractivity contribution is 5.81. The summed E-state index contributed by atoms with van der Waals surface area (Å²) in [4.78, 5) is 16.4. The van der Waals surface area contributed by atoms with Crippen LogP contribution in [-0.4, -0.2) is 17.0 Å². The Morgan fingerprint density at radius 1 is 1.23 bits per heavy atom. The molecule has 0 unspecified atom stereocenters. The third-order valence-corrected chi connectivity index (χ3v) is 3.59. The maximum Gasteiger partial charge on any atom is 0.261 e. The number of aryl methyl sites for hydroxylation is 2. The van der Waals surface area contributed by atoms with Crippen molar-refractivity contribution < 1.29 is 9.53 Å². The topological polar surface area (TPSA) is 51.2 Å². The molecule has 1 aromatic carbocycles. The van der Waals surface area contributed by atoms with E-state index in [1.54, 1.807) is 6.20 Å². The summed E-state index contributed by atoms with van der Waals surface area (Å²) in [7, 11) is 0. The van der Waals surface area contributed by atoms with Crippen LogP contribution in [-0.2, 0) is 11.3 Å². The number of benzene rings is 1. The van der Waals surface area contributed by atoms with Gasteiger partial charge in [0.2, 0.25) is 0 Å².